The standard InChI is InChI=1S/C26H38N2O7S/c1-3-5-7-8-9-10-20-35-24(29)26(15-17-28(18-16-26)25(30)27-31)21-36(32,33)23-13-11-22(12-14-23)34-19-6-4-2/h11-14,31H,3,5,7-10,15-21H2,1-2H3,(H,27,30). The number of unbranched alkanes of at least 4 members (excludes halogenated alkanes) is 5. The molecule has 2 amide bonds. The number of hydrogen-bond acceptors (Lipinski definition) is 7. The fourth-order valence-electron chi connectivity index (χ4n) is 4.20. The third-order valence-corrected chi connectivity index (χ3v) is 8.33. The monoisotopic (exact) mass is 522 g/mol. The molecule has 2 rings (SSSR count). The van der Waals surface area contributed by atoms with Gasteiger partial charge < -0.3 is 14.4 Å². The molecule has 36 heavy (non-hydrogen) atoms. The second-order valence-corrected chi connectivity index (χ2v) is 11.0. The predicted molar refractivity (Wildman–Crippen MR) is 135 cm³/mol. The molecule has 9 nitrogen and oxygen atoms in total. The molecule has 0 spiro atoms. The molecule has 0 saturated carbocycles. The van der Waals surface area contributed by atoms with Crippen molar-refractivity contribution < 1.29 is 32.7 Å². The summed E-state index contributed by atoms with van der Waals surface area (Å²) in [6.45, 7) is 4.54. The lowest BCUT2D eigenvalue weighted by Gasteiger charge is -2.39. The molecule has 0 unspecified atom stereocenters. The molecule has 200 valence electrons. The maximum Gasteiger partial charge on any atom is 0.341 e. The number of nitrogens with one attached hydrogen (secondary N) is 1. The number of rotatable bonds is 13. The predicted octanol–water partition coefficient (Wildman–Crippen LogP) is 3.95. The van der Waals surface area contributed by atoms with Crippen LogP contribution in [0.4, 0.5) is 4.79 Å². The third-order valence-electron chi connectivity index (χ3n) is 6.40. The molecular formula is C26H38N2O7S. The molecule has 1 aliphatic rings. The number of sulfone groups is 1. The maximum atomic E-state index is 13.3. The largest absolute Gasteiger partial charge is 0.481 e. The molecule has 1 heterocycles. The number of amides is 2. The first kappa shape index (κ1) is 29.5. The number of esters is 1. The van der Waals surface area contributed by atoms with Crippen LogP contribution in [0.1, 0.15) is 65.2 Å². The maximum absolute atomic E-state index is 13.3. The minimum absolute atomic E-state index is 0.0788. The summed E-state index contributed by atoms with van der Waals surface area (Å²) in [6.07, 6.45) is 6.45. The fraction of sp³-hybridized carbons (Fsp3) is 0.615. The number of nitrogens with zero attached hydrogens (tertiary/aromatic N) is 1. The molecule has 0 aromatic heterocycles. The van der Waals surface area contributed by atoms with Crippen LogP contribution in [-0.4, -0.2) is 62.6 Å². The van der Waals surface area contributed by atoms with Gasteiger partial charge in [0.25, 0.3) is 0 Å². The Morgan fingerprint density at radius 2 is 1.72 bits per heavy atom. The first-order valence-electron chi connectivity index (χ1n) is 12.5. The smallest absolute Gasteiger partial charge is 0.341 e. The molecule has 1 fully saturated rings. The summed E-state index contributed by atoms with van der Waals surface area (Å²) in [6, 6.07) is 5.33. The van der Waals surface area contributed by atoms with Crippen molar-refractivity contribution in [1.82, 2.24) is 10.4 Å². The molecule has 0 radical (unpaired) electrons. The summed E-state index contributed by atoms with van der Waals surface area (Å²) in [5, 5.41) is 8.93. The van der Waals surface area contributed by atoms with Crippen molar-refractivity contribution in [2.24, 2.45) is 5.41 Å². The molecule has 10 heteroatoms. The van der Waals surface area contributed by atoms with Crippen molar-refractivity contribution in [1.29, 1.82) is 0 Å². The zero-order chi connectivity index (χ0) is 26.4. The Hall–Kier alpha value is -2.77. The van der Waals surface area contributed by atoms with Crippen molar-refractivity contribution in [2.75, 3.05) is 32.1 Å². The van der Waals surface area contributed by atoms with Crippen LogP contribution in [0.15, 0.2) is 29.2 Å². The van der Waals surface area contributed by atoms with E-state index in [0.717, 1.165) is 32.1 Å². The summed E-state index contributed by atoms with van der Waals surface area (Å²) in [5.41, 5.74) is 0.305. The van der Waals surface area contributed by atoms with Gasteiger partial charge in [0.05, 0.1) is 22.7 Å². The molecule has 0 aliphatic carbocycles. The minimum atomic E-state index is -3.85. The van der Waals surface area contributed by atoms with E-state index in [1.54, 1.807) is 24.5 Å². The Labute approximate surface area is 214 Å². The van der Waals surface area contributed by atoms with E-state index in [1.807, 2.05) is 0 Å². The van der Waals surface area contributed by atoms with Gasteiger partial charge in [0.1, 0.15) is 12.4 Å². The first-order valence-corrected chi connectivity index (χ1v) is 14.1. The molecule has 0 bridgehead atoms. The highest BCUT2D eigenvalue weighted by Gasteiger charge is 2.47. The summed E-state index contributed by atoms with van der Waals surface area (Å²) < 4.78 is 37.7. The summed E-state index contributed by atoms with van der Waals surface area (Å²) in [4.78, 5) is 26.5. The van der Waals surface area contributed by atoms with Crippen LogP contribution in [0.2, 0.25) is 0 Å². The van der Waals surface area contributed by atoms with Crippen molar-refractivity contribution >= 4 is 21.8 Å². The Balaban J connectivity index is 2.11. The van der Waals surface area contributed by atoms with Gasteiger partial charge in [0.2, 0.25) is 0 Å². The lowest BCUT2D eigenvalue weighted by atomic mass is 9.80. The number of hydrogen-bond donors (Lipinski definition) is 2. The number of carbonyl (C=O) groups excluding carboxylic acids is 2. The van der Waals surface area contributed by atoms with Crippen molar-refractivity contribution in [3.8, 4) is 17.6 Å². The minimum Gasteiger partial charge on any atom is -0.481 e. The second kappa shape index (κ2) is 14.7. The normalized spacial score (nSPS) is 14.9. The van der Waals surface area contributed by atoms with Crippen molar-refractivity contribution in [2.45, 2.75) is 70.1 Å². The molecule has 1 aromatic rings. The highest BCUT2D eigenvalue weighted by Crippen LogP contribution is 2.36. The van der Waals surface area contributed by atoms with Crippen LogP contribution < -0.4 is 10.2 Å². The van der Waals surface area contributed by atoms with Gasteiger partial charge in [-0.1, -0.05) is 44.9 Å². The van der Waals surface area contributed by atoms with E-state index < -0.39 is 33.0 Å². The van der Waals surface area contributed by atoms with Crippen LogP contribution in [0, 0.1) is 17.3 Å². The summed E-state index contributed by atoms with van der Waals surface area (Å²) in [7, 11) is -3.85. The van der Waals surface area contributed by atoms with E-state index in [9.17, 15) is 18.0 Å². The molecular weight excluding hydrogens is 484 g/mol. The molecule has 1 saturated heterocycles. The number of hydroxylamine groups is 1. The van der Waals surface area contributed by atoms with Crippen molar-refractivity contribution in [3.63, 3.8) is 0 Å². The summed E-state index contributed by atoms with van der Waals surface area (Å²) >= 11 is 0. The number of piperidine rings is 1. The number of carbonyl (C=O) groups is 2. The highest BCUT2D eigenvalue weighted by atomic mass is 32.2. The van der Waals surface area contributed by atoms with Crippen LogP contribution in [0.3, 0.4) is 0 Å². The summed E-state index contributed by atoms with van der Waals surface area (Å²) in [5.74, 6) is 5.01. The van der Waals surface area contributed by atoms with Crippen molar-refractivity contribution in [3.05, 3.63) is 24.3 Å². The van der Waals surface area contributed by atoms with Gasteiger partial charge in [-0.05, 0) is 50.5 Å². The lowest BCUT2D eigenvalue weighted by Crippen LogP contribution is -2.52. The lowest BCUT2D eigenvalue weighted by molar-refractivity contribution is -0.157. The van der Waals surface area contributed by atoms with E-state index in [4.69, 9.17) is 14.7 Å². The van der Waals surface area contributed by atoms with E-state index in [2.05, 4.69) is 18.8 Å². The van der Waals surface area contributed by atoms with Crippen LogP contribution >= 0.6 is 0 Å². The average molecular weight is 523 g/mol. The third kappa shape index (κ3) is 8.71. The topological polar surface area (TPSA) is 122 Å². The van der Waals surface area contributed by atoms with E-state index in [1.165, 1.54) is 23.5 Å². The van der Waals surface area contributed by atoms with E-state index in [0.29, 0.717) is 5.75 Å². The quantitative estimate of drug-likeness (QED) is 0.132. The van der Waals surface area contributed by atoms with Gasteiger partial charge in [0.15, 0.2) is 9.84 Å². The molecule has 1 aliphatic heterocycles. The molecule has 2 N–H and O–H groups in total. The van der Waals surface area contributed by atoms with Crippen LogP contribution in [0.25, 0.3) is 0 Å². The Bertz CT molecular complexity index is 1000. The zero-order valence-corrected chi connectivity index (χ0v) is 22.1. The number of benzene rings is 1. The van der Waals surface area contributed by atoms with Gasteiger partial charge in [-0.15, -0.1) is 5.92 Å². The fourth-order valence-corrected chi connectivity index (χ4v) is 6.05. The SMILES string of the molecule is CC#CCOc1ccc(S(=O)(=O)CC2(C(=O)OCCCCCCCC)CCN(C(=O)NO)CC2)cc1. The average Bonchev–Trinajstić information content (AvgIpc) is 2.88. The Kier molecular flexibility index (Phi) is 12.0. The van der Waals surface area contributed by atoms with Gasteiger partial charge in [-0.3, -0.25) is 10.0 Å². The first-order chi connectivity index (χ1) is 17.3. The number of urea groups is 1. The second-order valence-electron chi connectivity index (χ2n) is 9.03. The van der Waals surface area contributed by atoms with E-state index in [-0.39, 0.29) is 44.0 Å². The van der Waals surface area contributed by atoms with E-state index >= 15 is 0 Å². The zero-order valence-electron chi connectivity index (χ0n) is 21.3. The molecule has 1 aromatic carbocycles. The van der Waals surface area contributed by atoms with Crippen LogP contribution in [0.5, 0.6) is 5.75 Å². The van der Waals surface area contributed by atoms with Gasteiger partial charge >= 0.3 is 12.0 Å². The van der Waals surface area contributed by atoms with Gasteiger partial charge in [0, 0.05) is 13.1 Å². The molecule has 0 atom stereocenters. The number of ether oxygens (including phenoxy) is 2. The van der Waals surface area contributed by atoms with Gasteiger partial charge in [-0.2, -0.15) is 0 Å². The highest BCUT2D eigenvalue weighted by molar-refractivity contribution is 7.91. The van der Waals surface area contributed by atoms with Gasteiger partial charge in [-0.25, -0.2) is 18.7 Å². The Morgan fingerprint density at radius 3 is 2.33 bits per heavy atom. The van der Waals surface area contributed by atoms with Crippen LogP contribution in [-0.2, 0) is 19.4 Å². The number of likely N-dealkylation sites (tertiary alicyclic amines) is 1. The Morgan fingerprint density at radius 1 is 1.08 bits per heavy atom.